The minimum absolute atomic E-state index is 0.00498. The molecule has 3 rings (SSSR count). The zero-order chi connectivity index (χ0) is 18.6. The Balaban J connectivity index is 1.57. The monoisotopic (exact) mass is 368 g/mol. The molecule has 5 nitrogen and oxygen atoms in total. The average molecular weight is 369 g/mol. The zero-order valence-corrected chi connectivity index (χ0v) is 16.1. The lowest BCUT2D eigenvalue weighted by Gasteiger charge is -2.27. The highest BCUT2D eigenvalue weighted by Crippen LogP contribution is 2.25. The number of likely N-dealkylation sites (tertiary alicyclic amines) is 1. The lowest BCUT2D eigenvalue weighted by molar-refractivity contribution is -0.130. The van der Waals surface area contributed by atoms with E-state index in [4.69, 9.17) is 10.2 Å². The summed E-state index contributed by atoms with van der Waals surface area (Å²) in [4.78, 5) is 18.8. The molecule has 136 valence electrons. The number of hydrogen-bond donors (Lipinski definition) is 1. The van der Waals surface area contributed by atoms with E-state index in [2.05, 4.69) is 42.7 Å². The van der Waals surface area contributed by atoms with Gasteiger partial charge in [-0.3, -0.25) is 4.79 Å². The molecule has 1 saturated heterocycles. The van der Waals surface area contributed by atoms with E-state index in [-0.39, 0.29) is 24.0 Å². The van der Waals surface area contributed by atoms with Crippen molar-refractivity contribution in [3.8, 4) is 16.6 Å². The Morgan fingerprint density at radius 2 is 2.19 bits per heavy atom. The van der Waals surface area contributed by atoms with Crippen molar-refractivity contribution in [2.75, 3.05) is 13.1 Å². The van der Waals surface area contributed by atoms with Gasteiger partial charge in [0, 0.05) is 29.4 Å². The molecule has 26 heavy (non-hydrogen) atoms. The van der Waals surface area contributed by atoms with Crippen LogP contribution >= 0.6 is 11.3 Å². The molecule has 1 aliphatic heterocycles. The van der Waals surface area contributed by atoms with Gasteiger partial charge in [-0.05, 0) is 26.7 Å². The highest BCUT2D eigenvalue weighted by molar-refractivity contribution is 7.13. The van der Waals surface area contributed by atoms with Crippen LogP contribution < -0.4 is 5.32 Å². The van der Waals surface area contributed by atoms with Crippen LogP contribution in [0, 0.1) is 11.3 Å². The highest BCUT2D eigenvalue weighted by atomic mass is 32.1. The Bertz CT molecular complexity index is 794. The van der Waals surface area contributed by atoms with Gasteiger partial charge in [0.1, 0.15) is 11.0 Å². The number of amides is 1. The first-order valence-electron chi connectivity index (χ1n) is 8.92. The van der Waals surface area contributed by atoms with E-state index in [0.29, 0.717) is 6.54 Å². The molecule has 0 spiro atoms. The van der Waals surface area contributed by atoms with E-state index in [9.17, 15) is 4.79 Å². The maximum Gasteiger partial charge on any atom is 0.237 e. The van der Waals surface area contributed by atoms with Crippen molar-refractivity contribution in [1.29, 1.82) is 5.26 Å². The van der Waals surface area contributed by atoms with E-state index in [1.165, 1.54) is 0 Å². The molecule has 2 heterocycles. The van der Waals surface area contributed by atoms with Crippen LogP contribution in [-0.4, -0.2) is 40.5 Å². The zero-order valence-electron chi connectivity index (χ0n) is 15.2. The predicted molar refractivity (Wildman–Crippen MR) is 104 cm³/mol. The molecule has 0 radical (unpaired) electrons. The molecule has 6 heteroatoms. The Kier molecular flexibility index (Phi) is 5.70. The fourth-order valence-corrected chi connectivity index (χ4v) is 4.06. The van der Waals surface area contributed by atoms with Crippen LogP contribution in [0.1, 0.15) is 32.4 Å². The first-order chi connectivity index (χ1) is 12.5. The van der Waals surface area contributed by atoms with Crippen molar-refractivity contribution < 1.29 is 4.79 Å². The maximum atomic E-state index is 12.4. The topological polar surface area (TPSA) is 69.0 Å². The lowest BCUT2D eigenvalue weighted by Crippen LogP contribution is -2.48. The van der Waals surface area contributed by atoms with Crippen molar-refractivity contribution >= 4 is 17.2 Å². The van der Waals surface area contributed by atoms with E-state index in [1.54, 1.807) is 16.2 Å². The first-order valence-corrected chi connectivity index (χ1v) is 9.80. The summed E-state index contributed by atoms with van der Waals surface area (Å²) in [5.74, 6) is 0.00498. The molecule has 0 unspecified atom stereocenters. The first kappa shape index (κ1) is 18.6. The van der Waals surface area contributed by atoms with Gasteiger partial charge in [-0.15, -0.1) is 11.3 Å². The third kappa shape index (κ3) is 4.48. The number of thiazole rings is 1. The number of benzene rings is 1. The van der Waals surface area contributed by atoms with Crippen LogP contribution in [0.25, 0.3) is 10.6 Å². The summed E-state index contributed by atoms with van der Waals surface area (Å²) >= 11 is 1.64. The lowest BCUT2D eigenvalue weighted by atomic mass is 9.99. The Morgan fingerprint density at radius 1 is 1.42 bits per heavy atom. The maximum absolute atomic E-state index is 12.4. The summed E-state index contributed by atoms with van der Waals surface area (Å²) in [6.07, 6.45) is 2.44. The number of nitrogens with zero attached hydrogens (tertiary/aromatic N) is 3. The molecular formula is C20H24N4OS. The van der Waals surface area contributed by atoms with Gasteiger partial charge in [0.25, 0.3) is 0 Å². The molecule has 1 amide bonds. The van der Waals surface area contributed by atoms with E-state index in [1.807, 2.05) is 18.2 Å². The van der Waals surface area contributed by atoms with Crippen molar-refractivity contribution in [2.45, 2.75) is 44.7 Å². The van der Waals surface area contributed by atoms with Crippen LogP contribution in [0.15, 0.2) is 35.7 Å². The van der Waals surface area contributed by atoms with Gasteiger partial charge in [0.2, 0.25) is 5.91 Å². The van der Waals surface area contributed by atoms with E-state index in [0.717, 1.165) is 35.5 Å². The highest BCUT2D eigenvalue weighted by Gasteiger charge is 2.29. The molecule has 0 bridgehead atoms. The largest absolute Gasteiger partial charge is 0.326 e. The summed E-state index contributed by atoms with van der Waals surface area (Å²) in [7, 11) is 0. The van der Waals surface area contributed by atoms with Crippen LogP contribution in [0.4, 0.5) is 0 Å². The van der Waals surface area contributed by atoms with Gasteiger partial charge in [-0.25, -0.2) is 4.98 Å². The number of aromatic nitrogens is 1. The fourth-order valence-electron chi connectivity index (χ4n) is 3.23. The summed E-state index contributed by atoms with van der Waals surface area (Å²) in [6, 6.07) is 12.1. The van der Waals surface area contributed by atoms with Crippen LogP contribution in [0.3, 0.4) is 0 Å². The van der Waals surface area contributed by atoms with Crippen molar-refractivity contribution in [1.82, 2.24) is 15.2 Å². The van der Waals surface area contributed by atoms with E-state index >= 15 is 0 Å². The fraction of sp³-hybridized carbons (Fsp3) is 0.450. The third-order valence-electron chi connectivity index (χ3n) is 4.64. The van der Waals surface area contributed by atoms with Gasteiger partial charge < -0.3 is 10.2 Å². The number of rotatable bonds is 6. The second-order valence-electron chi connectivity index (χ2n) is 7.30. The number of carbonyl (C=O) groups excluding carboxylic acids is 1. The van der Waals surface area contributed by atoms with Crippen molar-refractivity contribution in [2.24, 2.45) is 0 Å². The number of carbonyl (C=O) groups is 1. The summed E-state index contributed by atoms with van der Waals surface area (Å²) in [6.45, 7) is 5.09. The molecule has 2 aromatic rings. The number of hydrogen-bond acceptors (Lipinski definition) is 5. The van der Waals surface area contributed by atoms with E-state index < -0.39 is 0 Å². The van der Waals surface area contributed by atoms with Gasteiger partial charge in [0.05, 0.1) is 18.3 Å². The summed E-state index contributed by atoms with van der Waals surface area (Å²) < 4.78 is 0. The quantitative estimate of drug-likeness (QED) is 0.850. The van der Waals surface area contributed by atoms with Gasteiger partial charge in [-0.1, -0.05) is 30.3 Å². The molecule has 0 saturated carbocycles. The van der Waals surface area contributed by atoms with Crippen molar-refractivity contribution in [3.63, 3.8) is 0 Å². The molecule has 1 atom stereocenters. The van der Waals surface area contributed by atoms with Crippen molar-refractivity contribution in [3.05, 3.63) is 41.4 Å². The normalized spacial score (nSPS) is 17.3. The minimum atomic E-state index is -0.264. The number of nitrogens with one attached hydrogen (secondary N) is 1. The van der Waals surface area contributed by atoms with Crippen LogP contribution in [0.2, 0.25) is 0 Å². The van der Waals surface area contributed by atoms with Gasteiger partial charge >= 0.3 is 0 Å². The Hall–Kier alpha value is -2.23. The summed E-state index contributed by atoms with van der Waals surface area (Å²) in [5, 5.41) is 15.6. The minimum Gasteiger partial charge on any atom is -0.326 e. The van der Waals surface area contributed by atoms with Gasteiger partial charge in [-0.2, -0.15) is 5.26 Å². The molecule has 1 N–H and O–H groups in total. The molecular weight excluding hydrogens is 344 g/mol. The molecule has 1 aromatic carbocycles. The Labute approximate surface area is 158 Å². The second kappa shape index (κ2) is 7.98. The SMILES string of the molecule is CC(C)(Cc1csc(-c2ccccc2)n1)NCC(=O)N1CCC[C@H]1C#N. The second-order valence-corrected chi connectivity index (χ2v) is 8.16. The molecule has 1 fully saturated rings. The average Bonchev–Trinajstić information content (AvgIpc) is 3.29. The van der Waals surface area contributed by atoms with Crippen LogP contribution in [-0.2, 0) is 11.2 Å². The molecule has 0 aliphatic carbocycles. The Morgan fingerprint density at radius 3 is 2.92 bits per heavy atom. The van der Waals surface area contributed by atoms with Crippen LogP contribution in [0.5, 0.6) is 0 Å². The van der Waals surface area contributed by atoms with Gasteiger partial charge in [0.15, 0.2) is 0 Å². The summed E-state index contributed by atoms with van der Waals surface area (Å²) in [5.41, 5.74) is 1.90. The third-order valence-corrected chi connectivity index (χ3v) is 5.58. The number of nitriles is 1. The molecule has 1 aromatic heterocycles. The standard InChI is InChI=1S/C20H24N4OS/c1-20(2,22-13-18(25)24-10-6-9-17(24)12-21)11-16-14-26-19(23-16)15-7-4-3-5-8-15/h3-5,7-8,14,17,22H,6,9-11,13H2,1-2H3/t17-/m0/s1. The molecule has 1 aliphatic rings. The predicted octanol–water partition coefficient (Wildman–Crippen LogP) is 3.24. The smallest absolute Gasteiger partial charge is 0.237 e.